The topological polar surface area (TPSA) is 59.8 Å². The second kappa shape index (κ2) is 8.95. The Kier molecular flexibility index (Phi) is 8.21. The highest BCUT2D eigenvalue weighted by Crippen LogP contribution is 1.94. The maximum absolute atomic E-state index is 9.49. The van der Waals surface area contributed by atoms with Crippen molar-refractivity contribution in [3.05, 3.63) is 18.2 Å². The number of hydrogen-bond acceptors (Lipinski definition) is 2. The lowest BCUT2D eigenvalue weighted by atomic mass is 10.2. The Morgan fingerprint density at radius 2 is 2.12 bits per heavy atom. The second-order valence-electron chi connectivity index (χ2n) is 3.74. The number of aryl methyl sites for hydroxylation is 2. The van der Waals surface area contributed by atoms with Crippen molar-refractivity contribution in [1.82, 2.24) is 4.98 Å². The average Bonchev–Trinajstić information content (AvgIpc) is 2.62. The summed E-state index contributed by atoms with van der Waals surface area (Å²) in [5, 5.41) is 9.49. The number of aromatic nitrogens is 2. The molecule has 4 nitrogen and oxygen atoms in total. The van der Waals surface area contributed by atoms with Gasteiger partial charge in [-0.2, -0.15) is 0 Å². The molecule has 1 aromatic rings. The van der Waals surface area contributed by atoms with Crippen molar-refractivity contribution in [3.8, 4) is 0 Å². The predicted octanol–water partition coefficient (Wildman–Crippen LogP) is 0.718. The molecule has 0 unspecified atom stereocenters. The van der Waals surface area contributed by atoms with Crippen LogP contribution in [-0.2, 0) is 18.3 Å². The zero-order chi connectivity index (χ0) is 12.4. The van der Waals surface area contributed by atoms with Crippen molar-refractivity contribution >= 4 is 5.97 Å². The van der Waals surface area contributed by atoms with Crippen LogP contribution in [0.3, 0.4) is 0 Å². The van der Waals surface area contributed by atoms with Gasteiger partial charge in [0.05, 0.1) is 7.05 Å². The maximum Gasteiger partial charge on any atom is 0.253 e. The van der Waals surface area contributed by atoms with Crippen LogP contribution in [0.1, 0.15) is 45.4 Å². The number of imidazole rings is 1. The number of carbonyl (C=O) groups excluding carboxylic acids is 1. The molecule has 92 valence electrons. The van der Waals surface area contributed by atoms with Gasteiger partial charge in [-0.05, 0) is 12.8 Å². The Bertz CT molecular complexity index is 295. The Morgan fingerprint density at radius 3 is 2.44 bits per heavy atom. The van der Waals surface area contributed by atoms with Gasteiger partial charge in [-0.25, -0.2) is 9.55 Å². The minimum atomic E-state index is -0.961. The summed E-state index contributed by atoms with van der Waals surface area (Å²) in [7, 11) is 2.07. The van der Waals surface area contributed by atoms with Crippen LogP contribution in [0.2, 0.25) is 0 Å². The van der Waals surface area contributed by atoms with Gasteiger partial charge in [-0.1, -0.05) is 26.7 Å². The molecule has 16 heavy (non-hydrogen) atoms. The summed E-state index contributed by atoms with van der Waals surface area (Å²) in [5.74, 6) is 0.361. The van der Waals surface area contributed by atoms with E-state index in [1.807, 2.05) is 12.4 Å². The van der Waals surface area contributed by atoms with Gasteiger partial charge in [0.2, 0.25) is 0 Å². The third-order valence-electron chi connectivity index (χ3n) is 2.20. The quantitative estimate of drug-likeness (QED) is 0.752. The normalized spacial score (nSPS) is 9.44. The summed E-state index contributed by atoms with van der Waals surface area (Å²) >= 11 is 0. The van der Waals surface area contributed by atoms with E-state index in [2.05, 4.69) is 23.5 Å². The zero-order valence-corrected chi connectivity index (χ0v) is 10.5. The minimum absolute atomic E-state index is 0.181. The number of carbonyl (C=O) groups is 1. The fourth-order valence-corrected chi connectivity index (χ4v) is 1.23. The highest BCUT2D eigenvalue weighted by atomic mass is 16.4. The van der Waals surface area contributed by atoms with Gasteiger partial charge < -0.3 is 9.90 Å². The van der Waals surface area contributed by atoms with E-state index in [9.17, 15) is 9.90 Å². The first-order valence-corrected chi connectivity index (χ1v) is 5.83. The number of hydrogen-bond donors (Lipinski definition) is 1. The van der Waals surface area contributed by atoms with Crippen molar-refractivity contribution in [3.63, 3.8) is 0 Å². The number of aromatic amines is 1. The highest BCUT2D eigenvalue weighted by Gasteiger charge is 2.03. The van der Waals surface area contributed by atoms with E-state index in [0.29, 0.717) is 6.42 Å². The van der Waals surface area contributed by atoms with Gasteiger partial charge in [-0.15, -0.1) is 0 Å². The van der Waals surface area contributed by atoms with Crippen LogP contribution in [0, 0.1) is 0 Å². The molecule has 0 bridgehead atoms. The summed E-state index contributed by atoms with van der Waals surface area (Å²) in [6, 6.07) is 0. The van der Waals surface area contributed by atoms with Crippen molar-refractivity contribution in [2.45, 2.75) is 46.0 Å². The third kappa shape index (κ3) is 7.04. The van der Waals surface area contributed by atoms with Gasteiger partial charge in [-0.3, -0.25) is 0 Å². The van der Waals surface area contributed by atoms with Crippen LogP contribution in [0.4, 0.5) is 0 Å². The number of H-pyrrole nitrogens is 1. The molecular weight excluding hydrogens is 204 g/mol. The molecule has 0 saturated carbocycles. The summed E-state index contributed by atoms with van der Waals surface area (Å²) in [4.78, 5) is 12.7. The molecule has 4 heteroatoms. The highest BCUT2D eigenvalue weighted by molar-refractivity contribution is 5.63. The van der Waals surface area contributed by atoms with E-state index in [-0.39, 0.29) is 6.42 Å². The van der Waals surface area contributed by atoms with Gasteiger partial charge in [0.1, 0.15) is 12.4 Å². The van der Waals surface area contributed by atoms with E-state index in [0.717, 1.165) is 0 Å². The van der Waals surface area contributed by atoms with Crippen LogP contribution in [-0.4, -0.2) is 11.0 Å². The molecule has 0 radical (unpaired) electrons. The first-order chi connectivity index (χ1) is 7.61. The van der Waals surface area contributed by atoms with Crippen molar-refractivity contribution in [2.24, 2.45) is 7.05 Å². The Morgan fingerprint density at radius 1 is 1.44 bits per heavy atom. The third-order valence-corrected chi connectivity index (χ3v) is 2.20. The summed E-state index contributed by atoms with van der Waals surface area (Å²) < 4.78 is 2.13. The molecule has 0 aliphatic carbocycles. The van der Waals surface area contributed by atoms with Crippen molar-refractivity contribution in [2.75, 3.05) is 0 Å². The van der Waals surface area contributed by atoms with Crippen molar-refractivity contribution < 1.29 is 14.5 Å². The SMILES string of the molecule is CCCC(=O)[O-].CCCCc1[nH]cc[n+]1C. The van der Waals surface area contributed by atoms with Gasteiger partial charge in [0, 0.05) is 12.4 Å². The number of rotatable bonds is 5. The molecule has 0 aliphatic heterocycles. The van der Waals surface area contributed by atoms with E-state index < -0.39 is 5.97 Å². The fourth-order valence-electron chi connectivity index (χ4n) is 1.23. The predicted molar refractivity (Wildman–Crippen MR) is 60.5 cm³/mol. The van der Waals surface area contributed by atoms with E-state index >= 15 is 0 Å². The Balaban J connectivity index is 0.000000325. The number of nitrogens with zero attached hydrogens (tertiary/aromatic N) is 1. The minimum Gasteiger partial charge on any atom is -0.550 e. The number of aliphatic carboxylic acids is 1. The molecule has 0 amide bonds. The van der Waals surface area contributed by atoms with Crippen LogP contribution in [0.25, 0.3) is 0 Å². The molecule has 1 N–H and O–H groups in total. The zero-order valence-electron chi connectivity index (χ0n) is 10.5. The monoisotopic (exact) mass is 226 g/mol. The summed E-state index contributed by atoms with van der Waals surface area (Å²) in [6.07, 6.45) is 8.58. The fraction of sp³-hybridized carbons (Fsp3) is 0.667. The molecular formula is C12H22N2O2. The lowest BCUT2D eigenvalue weighted by Crippen LogP contribution is -2.30. The summed E-state index contributed by atoms with van der Waals surface area (Å²) in [5.41, 5.74) is 0. The number of nitrogens with one attached hydrogen (secondary N) is 1. The van der Waals surface area contributed by atoms with Gasteiger partial charge in [0.15, 0.2) is 0 Å². The lowest BCUT2D eigenvalue weighted by Gasteiger charge is -1.92. The molecule has 0 aliphatic rings. The van der Waals surface area contributed by atoms with E-state index in [1.165, 1.54) is 25.1 Å². The maximum atomic E-state index is 9.49. The summed E-state index contributed by atoms with van der Waals surface area (Å²) in [6.45, 7) is 4.01. The first kappa shape index (κ1) is 14.7. The molecule has 0 atom stereocenters. The standard InChI is InChI=1S/C8H14N2.C4H8O2/c1-3-4-5-8-9-6-7-10(8)2;1-2-3-4(5)6/h6-7H,3-5H2,1-2H3;2-3H2,1H3,(H,5,6). The molecule has 0 spiro atoms. The van der Waals surface area contributed by atoms with Crippen LogP contribution < -0.4 is 9.67 Å². The smallest absolute Gasteiger partial charge is 0.253 e. The largest absolute Gasteiger partial charge is 0.550 e. The Labute approximate surface area is 97.3 Å². The number of unbranched alkanes of at least 4 members (excludes halogenated alkanes) is 1. The molecule has 0 aromatic carbocycles. The molecule has 1 heterocycles. The molecule has 0 saturated heterocycles. The van der Waals surface area contributed by atoms with Crippen LogP contribution in [0.5, 0.6) is 0 Å². The van der Waals surface area contributed by atoms with E-state index in [4.69, 9.17) is 0 Å². The molecule has 1 aromatic heterocycles. The molecule has 0 fully saturated rings. The number of carboxylic acids is 1. The second-order valence-corrected chi connectivity index (χ2v) is 3.74. The Hall–Kier alpha value is -1.32. The van der Waals surface area contributed by atoms with Gasteiger partial charge in [0.25, 0.3) is 5.82 Å². The van der Waals surface area contributed by atoms with Crippen LogP contribution >= 0.6 is 0 Å². The van der Waals surface area contributed by atoms with Crippen molar-refractivity contribution in [1.29, 1.82) is 0 Å². The number of carboxylic acid groups (broad SMARTS) is 1. The average molecular weight is 226 g/mol. The van der Waals surface area contributed by atoms with E-state index in [1.54, 1.807) is 6.92 Å². The van der Waals surface area contributed by atoms with Crippen LogP contribution in [0.15, 0.2) is 12.4 Å². The van der Waals surface area contributed by atoms with Gasteiger partial charge >= 0.3 is 0 Å². The molecule has 1 rings (SSSR count). The lowest BCUT2D eigenvalue weighted by molar-refractivity contribution is -0.677. The first-order valence-electron chi connectivity index (χ1n) is 5.83.